The normalized spacial score (nSPS) is 14.7. The molecule has 1 fully saturated rings. The van der Waals surface area contributed by atoms with Crippen molar-refractivity contribution >= 4 is 11.8 Å². The molecule has 1 saturated heterocycles. The van der Waals surface area contributed by atoms with Crippen molar-refractivity contribution < 1.29 is 9.59 Å². The van der Waals surface area contributed by atoms with Crippen LogP contribution in [0.4, 0.5) is 0 Å². The summed E-state index contributed by atoms with van der Waals surface area (Å²) in [5.74, 6) is 0.0193. The number of hydrogen-bond donors (Lipinski definition) is 2. The Morgan fingerprint density at radius 1 is 1.19 bits per heavy atom. The predicted octanol–water partition coefficient (Wildman–Crippen LogP) is 2.21. The van der Waals surface area contributed by atoms with Gasteiger partial charge < -0.3 is 10.6 Å². The molecule has 0 radical (unpaired) electrons. The van der Waals surface area contributed by atoms with Gasteiger partial charge in [-0.05, 0) is 30.5 Å². The summed E-state index contributed by atoms with van der Waals surface area (Å²) in [6.45, 7) is 5.48. The summed E-state index contributed by atoms with van der Waals surface area (Å²) in [4.78, 5) is 26.1. The van der Waals surface area contributed by atoms with Gasteiger partial charge in [0.25, 0.3) is 5.91 Å². The highest BCUT2D eigenvalue weighted by Gasteiger charge is 2.16. The fourth-order valence-corrected chi connectivity index (χ4v) is 3.23. The molecule has 1 aliphatic heterocycles. The summed E-state index contributed by atoms with van der Waals surface area (Å²) in [6.07, 6.45) is 0.825. The monoisotopic (exact) mass is 351 g/mol. The largest absolute Gasteiger partial charge is 0.354 e. The van der Waals surface area contributed by atoms with Crippen LogP contribution in [0.3, 0.4) is 0 Å². The van der Waals surface area contributed by atoms with Crippen molar-refractivity contribution in [3.05, 3.63) is 59.7 Å². The van der Waals surface area contributed by atoms with Gasteiger partial charge in [0.15, 0.2) is 0 Å². The zero-order valence-electron chi connectivity index (χ0n) is 15.1. The first kappa shape index (κ1) is 18.1. The highest BCUT2D eigenvalue weighted by Crippen LogP contribution is 2.24. The molecule has 26 heavy (non-hydrogen) atoms. The molecule has 5 heteroatoms. The molecular formula is C21H25N3O2. The van der Waals surface area contributed by atoms with Crippen LogP contribution in [0.5, 0.6) is 0 Å². The van der Waals surface area contributed by atoms with Gasteiger partial charge in [0, 0.05) is 31.7 Å². The van der Waals surface area contributed by atoms with Crippen LogP contribution in [0.1, 0.15) is 22.3 Å². The zero-order valence-corrected chi connectivity index (χ0v) is 15.1. The number of nitrogens with one attached hydrogen (secondary N) is 2. The molecule has 0 spiro atoms. The van der Waals surface area contributed by atoms with E-state index in [4.69, 9.17) is 0 Å². The van der Waals surface area contributed by atoms with Crippen LogP contribution < -0.4 is 10.6 Å². The average Bonchev–Trinajstić information content (AvgIpc) is 2.65. The summed E-state index contributed by atoms with van der Waals surface area (Å²) in [6, 6.07) is 15.9. The third-order valence-electron chi connectivity index (χ3n) is 4.55. The molecule has 0 aliphatic carbocycles. The van der Waals surface area contributed by atoms with Crippen molar-refractivity contribution in [2.45, 2.75) is 13.3 Å². The maximum absolute atomic E-state index is 12.6. The van der Waals surface area contributed by atoms with Gasteiger partial charge in [-0.3, -0.25) is 14.5 Å². The second kappa shape index (κ2) is 8.63. The van der Waals surface area contributed by atoms with Gasteiger partial charge in [0.2, 0.25) is 5.91 Å². The van der Waals surface area contributed by atoms with E-state index in [0.717, 1.165) is 30.6 Å². The molecule has 0 unspecified atom stereocenters. The molecule has 0 bridgehead atoms. The molecule has 1 aliphatic rings. The van der Waals surface area contributed by atoms with Gasteiger partial charge in [-0.15, -0.1) is 0 Å². The van der Waals surface area contributed by atoms with E-state index in [-0.39, 0.29) is 11.8 Å². The van der Waals surface area contributed by atoms with Gasteiger partial charge in [0.05, 0.1) is 6.54 Å². The molecule has 0 aromatic heterocycles. The number of aryl methyl sites for hydroxylation is 1. The average molecular weight is 351 g/mol. The fraction of sp³-hybridized carbons (Fsp3) is 0.333. The molecule has 2 amide bonds. The second-order valence-corrected chi connectivity index (χ2v) is 6.65. The van der Waals surface area contributed by atoms with Crippen LogP contribution in [0.15, 0.2) is 48.5 Å². The van der Waals surface area contributed by atoms with Gasteiger partial charge in [-0.25, -0.2) is 0 Å². The van der Waals surface area contributed by atoms with Gasteiger partial charge in [0.1, 0.15) is 0 Å². The summed E-state index contributed by atoms with van der Waals surface area (Å²) in [7, 11) is 0. The van der Waals surface area contributed by atoms with Gasteiger partial charge in [-0.1, -0.05) is 48.0 Å². The molecule has 5 nitrogen and oxygen atoms in total. The van der Waals surface area contributed by atoms with Crippen LogP contribution >= 0.6 is 0 Å². The number of carbonyl (C=O) groups excluding carboxylic acids is 2. The predicted molar refractivity (Wildman–Crippen MR) is 103 cm³/mol. The lowest BCUT2D eigenvalue weighted by Crippen LogP contribution is -2.48. The standard InChI is InChI=1S/C21H25N3O2/c1-16-6-4-7-17(14-16)18-8-2-3-9-19(18)21(26)23-10-5-12-24-13-11-22-20(25)15-24/h2-4,6-9,14H,5,10-13,15H2,1H3,(H,22,25)(H,23,26). The van der Waals surface area contributed by atoms with E-state index in [9.17, 15) is 9.59 Å². The second-order valence-electron chi connectivity index (χ2n) is 6.65. The van der Waals surface area contributed by atoms with Crippen LogP contribution in [-0.2, 0) is 4.79 Å². The van der Waals surface area contributed by atoms with Crippen molar-refractivity contribution in [2.75, 3.05) is 32.7 Å². The third-order valence-corrected chi connectivity index (χ3v) is 4.55. The zero-order chi connectivity index (χ0) is 18.4. The number of hydrogen-bond acceptors (Lipinski definition) is 3. The number of piperazine rings is 1. The smallest absolute Gasteiger partial charge is 0.251 e. The van der Waals surface area contributed by atoms with Crippen LogP contribution in [0, 0.1) is 6.92 Å². The number of rotatable bonds is 6. The molecule has 2 aromatic rings. The van der Waals surface area contributed by atoms with Gasteiger partial charge >= 0.3 is 0 Å². The first-order valence-electron chi connectivity index (χ1n) is 9.07. The van der Waals surface area contributed by atoms with E-state index in [2.05, 4.69) is 21.6 Å². The Hall–Kier alpha value is -2.66. The number of nitrogens with zero attached hydrogens (tertiary/aromatic N) is 1. The van der Waals surface area contributed by atoms with Crippen molar-refractivity contribution in [1.82, 2.24) is 15.5 Å². The van der Waals surface area contributed by atoms with E-state index < -0.39 is 0 Å². The lowest BCUT2D eigenvalue weighted by molar-refractivity contribution is -0.124. The molecule has 3 rings (SSSR count). The third kappa shape index (κ3) is 4.70. The van der Waals surface area contributed by atoms with Crippen LogP contribution in [-0.4, -0.2) is 49.4 Å². The number of amides is 2. The summed E-state index contributed by atoms with van der Waals surface area (Å²) >= 11 is 0. The fourth-order valence-electron chi connectivity index (χ4n) is 3.23. The first-order chi connectivity index (χ1) is 12.6. The Balaban J connectivity index is 1.57. The van der Waals surface area contributed by atoms with E-state index in [1.165, 1.54) is 5.56 Å². The lowest BCUT2D eigenvalue weighted by atomic mass is 9.98. The van der Waals surface area contributed by atoms with Gasteiger partial charge in [-0.2, -0.15) is 0 Å². The lowest BCUT2D eigenvalue weighted by Gasteiger charge is -2.26. The quantitative estimate of drug-likeness (QED) is 0.785. The first-order valence-corrected chi connectivity index (χ1v) is 9.07. The van der Waals surface area contributed by atoms with Crippen molar-refractivity contribution in [2.24, 2.45) is 0 Å². The molecule has 2 aromatic carbocycles. The van der Waals surface area contributed by atoms with Crippen LogP contribution in [0.2, 0.25) is 0 Å². The van der Waals surface area contributed by atoms with E-state index >= 15 is 0 Å². The molecule has 136 valence electrons. The maximum atomic E-state index is 12.6. The molecular weight excluding hydrogens is 326 g/mol. The highest BCUT2D eigenvalue weighted by molar-refractivity contribution is 6.00. The Kier molecular flexibility index (Phi) is 6.02. The Morgan fingerprint density at radius 2 is 2.04 bits per heavy atom. The molecule has 0 atom stereocenters. The molecule has 0 saturated carbocycles. The maximum Gasteiger partial charge on any atom is 0.251 e. The van der Waals surface area contributed by atoms with Crippen molar-refractivity contribution in [3.8, 4) is 11.1 Å². The summed E-state index contributed by atoms with van der Waals surface area (Å²) in [5, 5.41) is 5.83. The van der Waals surface area contributed by atoms with Crippen molar-refractivity contribution in [1.29, 1.82) is 0 Å². The minimum atomic E-state index is -0.0570. The van der Waals surface area contributed by atoms with E-state index in [0.29, 0.717) is 25.2 Å². The van der Waals surface area contributed by atoms with Crippen LogP contribution in [0.25, 0.3) is 11.1 Å². The molecule has 2 N–H and O–H groups in total. The Labute approximate surface area is 154 Å². The number of carbonyl (C=O) groups is 2. The van der Waals surface area contributed by atoms with E-state index in [1.54, 1.807) is 0 Å². The minimum Gasteiger partial charge on any atom is -0.354 e. The van der Waals surface area contributed by atoms with Crippen molar-refractivity contribution in [3.63, 3.8) is 0 Å². The SMILES string of the molecule is Cc1cccc(-c2ccccc2C(=O)NCCCN2CCNC(=O)C2)c1. The molecule has 1 heterocycles. The topological polar surface area (TPSA) is 61.4 Å². The highest BCUT2D eigenvalue weighted by atomic mass is 16.2. The Morgan fingerprint density at radius 3 is 2.85 bits per heavy atom. The Bertz CT molecular complexity index is 788. The summed E-state index contributed by atoms with van der Waals surface area (Å²) in [5.41, 5.74) is 3.86. The minimum absolute atomic E-state index is 0.0570. The number of benzene rings is 2. The van der Waals surface area contributed by atoms with E-state index in [1.807, 2.05) is 49.4 Å². The summed E-state index contributed by atoms with van der Waals surface area (Å²) < 4.78 is 0.